The third-order valence-electron chi connectivity index (χ3n) is 10.8. The van der Waals surface area contributed by atoms with Gasteiger partial charge in [-0.15, -0.1) is 0 Å². The number of fused-ring (bicyclic) bond motifs is 8. The molecule has 1 heterocycles. The van der Waals surface area contributed by atoms with Gasteiger partial charge >= 0.3 is 0 Å². The molecule has 3 nitrogen and oxygen atoms in total. The molecule has 1 radical (unpaired) electrons. The second-order valence-corrected chi connectivity index (χ2v) is 12.7. The van der Waals surface area contributed by atoms with Crippen LogP contribution in [-0.4, -0.2) is 23.4 Å². The highest BCUT2D eigenvalue weighted by atomic mass is 17.2. The summed E-state index contributed by atoms with van der Waals surface area (Å²) in [5, 5.41) is 10.4. The summed E-state index contributed by atoms with van der Waals surface area (Å²) in [6.07, 6.45) is 12.9. The molecule has 1 saturated heterocycles. The lowest BCUT2D eigenvalue weighted by Gasteiger charge is -2.66. The van der Waals surface area contributed by atoms with Crippen LogP contribution in [0.2, 0.25) is 0 Å². The lowest BCUT2D eigenvalue weighted by molar-refractivity contribution is -0.491. The van der Waals surface area contributed by atoms with Gasteiger partial charge in [0.05, 0.1) is 6.10 Å². The summed E-state index contributed by atoms with van der Waals surface area (Å²) in [6, 6.07) is 0. The summed E-state index contributed by atoms with van der Waals surface area (Å²) < 4.78 is 0. The highest BCUT2D eigenvalue weighted by Crippen LogP contribution is 2.70. The largest absolute Gasteiger partial charge is 0.393 e. The zero-order chi connectivity index (χ0) is 21.3. The van der Waals surface area contributed by atoms with Gasteiger partial charge in [-0.05, 0) is 91.3 Å². The van der Waals surface area contributed by atoms with Crippen LogP contribution in [-0.2, 0) is 9.78 Å². The van der Waals surface area contributed by atoms with Crippen LogP contribution in [0.25, 0.3) is 0 Å². The molecule has 0 amide bonds. The van der Waals surface area contributed by atoms with Crippen LogP contribution in [0.1, 0.15) is 98.8 Å². The first-order valence-corrected chi connectivity index (χ1v) is 13.1. The molecule has 0 bridgehead atoms. The summed E-state index contributed by atoms with van der Waals surface area (Å²) in [4.78, 5) is 11.6. The first-order chi connectivity index (χ1) is 14.3. The Hall–Kier alpha value is -0.120. The average Bonchev–Trinajstić information content (AvgIpc) is 3.00. The SMILES string of the molecule is CC(C)CCC[C@@H](C)[C@H]1CC[C@H]2[C@@H]3C4OOC4[C]4C[C@@H](O)CC[C@]4(C)[C@H]3CC[C@]12C. The van der Waals surface area contributed by atoms with Crippen LogP contribution in [0.3, 0.4) is 0 Å². The Morgan fingerprint density at radius 2 is 1.77 bits per heavy atom. The molecule has 171 valence electrons. The molecule has 0 aromatic rings. The van der Waals surface area contributed by atoms with Gasteiger partial charge in [-0.2, -0.15) is 0 Å². The van der Waals surface area contributed by atoms with Crippen molar-refractivity contribution in [3.05, 3.63) is 5.92 Å². The first kappa shape index (κ1) is 21.7. The van der Waals surface area contributed by atoms with Gasteiger partial charge in [0, 0.05) is 5.92 Å². The molecule has 5 rings (SSSR count). The number of hydrogen-bond acceptors (Lipinski definition) is 3. The van der Waals surface area contributed by atoms with Crippen molar-refractivity contribution in [1.82, 2.24) is 0 Å². The Morgan fingerprint density at radius 3 is 2.47 bits per heavy atom. The maximum absolute atomic E-state index is 10.4. The van der Waals surface area contributed by atoms with Crippen molar-refractivity contribution in [2.75, 3.05) is 0 Å². The van der Waals surface area contributed by atoms with Crippen LogP contribution in [0.4, 0.5) is 0 Å². The summed E-state index contributed by atoms with van der Waals surface area (Å²) in [5.74, 6) is 6.19. The number of rotatable bonds is 5. The molecule has 5 fully saturated rings. The van der Waals surface area contributed by atoms with Crippen molar-refractivity contribution in [3.63, 3.8) is 0 Å². The molecule has 2 unspecified atom stereocenters. The lowest BCUT2D eigenvalue weighted by Crippen LogP contribution is -2.68. The zero-order valence-electron chi connectivity index (χ0n) is 20.0. The van der Waals surface area contributed by atoms with E-state index in [1.165, 1.54) is 50.9 Å². The van der Waals surface area contributed by atoms with E-state index < -0.39 is 0 Å². The normalized spacial score (nSPS) is 51.5. The van der Waals surface area contributed by atoms with Crippen molar-refractivity contribution in [2.24, 2.45) is 46.3 Å². The van der Waals surface area contributed by atoms with E-state index in [1.54, 1.807) is 0 Å². The number of hydrogen-bond donors (Lipinski definition) is 1. The fraction of sp³-hybridized carbons (Fsp3) is 0.963. The fourth-order valence-corrected chi connectivity index (χ4v) is 9.20. The predicted molar refractivity (Wildman–Crippen MR) is 119 cm³/mol. The van der Waals surface area contributed by atoms with Crippen molar-refractivity contribution < 1.29 is 14.9 Å². The van der Waals surface area contributed by atoms with Crippen LogP contribution >= 0.6 is 0 Å². The molecule has 0 aromatic carbocycles. The minimum absolute atomic E-state index is 0.149. The quantitative estimate of drug-likeness (QED) is 0.530. The molecular weight excluding hydrogens is 372 g/mol. The van der Waals surface area contributed by atoms with Crippen molar-refractivity contribution in [2.45, 2.75) is 117 Å². The highest BCUT2D eigenvalue weighted by molar-refractivity contribution is 5.26. The predicted octanol–water partition coefficient (Wildman–Crippen LogP) is 6.35. The third kappa shape index (κ3) is 3.16. The molecule has 10 atom stereocenters. The van der Waals surface area contributed by atoms with Gasteiger partial charge in [0.2, 0.25) is 0 Å². The third-order valence-corrected chi connectivity index (χ3v) is 10.8. The smallest absolute Gasteiger partial charge is 0.129 e. The molecule has 5 aliphatic rings. The highest BCUT2D eigenvalue weighted by Gasteiger charge is 2.69. The van der Waals surface area contributed by atoms with E-state index in [0.717, 1.165) is 48.9 Å². The van der Waals surface area contributed by atoms with Crippen LogP contribution in [0.15, 0.2) is 0 Å². The van der Waals surface area contributed by atoms with Crippen LogP contribution in [0, 0.1) is 52.3 Å². The van der Waals surface area contributed by atoms with Crippen molar-refractivity contribution >= 4 is 0 Å². The van der Waals surface area contributed by atoms with Gasteiger partial charge in [0.25, 0.3) is 0 Å². The Bertz CT molecular complexity index is 634. The second-order valence-electron chi connectivity index (χ2n) is 12.7. The van der Waals surface area contributed by atoms with Crippen molar-refractivity contribution in [1.29, 1.82) is 0 Å². The maximum atomic E-state index is 10.4. The summed E-state index contributed by atoms with van der Waals surface area (Å²) in [6.45, 7) is 12.4. The number of aliphatic hydroxyl groups excluding tert-OH is 1. The van der Waals surface area contributed by atoms with Gasteiger partial charge in [-0.25, -0.2) is 9.78 Å². The van der Waals surface area contributed by atoms with Crippen LogP contribution < -0.4 is 0 Å². The van der Waals surface area contributed by atoms with E-state index in [9.17, 15) is 5.11 Å². The first-order valence-electron chi connectivity index (χ1n) is 13.1. The van der Waals surface area contributed by atoms with E-state index in [4.69, 9.17) is 9.78 Å². The molecule has 0 aromatic heterocycles. The molecule has 1 N–H and O–H groups in total. The van der Waals surface area contributed by atoms with E-state index >= 15 is 0 Å². The minimum Gasteiger partial charge on any atom is -0.393 e. The van der Waals surface area contributed by atoms with E-state index in [-0.39, 0.29) is 23.7 Å². The van der Waals surface area contributed by atoms with Gasteiger partial charge in [0.1, 0.15) is 12.2 Å². The standard InChI is InChI=1S/C27H45O3/c1-16(2)7-6-8-17(3)19-9-10-20-23-21(12-14-26(19,20)4)27(5)13-11-18(28)15-22(27)24-25(23)30-29-24/h16-21,23-25,28H,6-15H2,1-5H3/t17-,18+,19-,20+,21+,23+,24?,25?,26-,27-/m1/s1. The van der Waals surface area contributed by atoms with Gasteiger partial charge in [0.15, 0.2) is 0 Å². The van der Waals surface area contributed by atoms with E-state index in [2.05, 4.69) is 34.6 Å². The molecular formula is C27H45O3. The minimum atomic E-state index is -0.175. The van der Waals surface area contributed by atoms with E-state index in [1.807, 2.05) is 0 Å². The summed E-state index contributed by atoms with van der Waals surface area (Å²) in [5.41, 5.74) is 0.723. The lowest BCUT2D eigenvalue weighted by atomic mass is 9.43. The molecule has 1 aliphatic heterocycles. The Kier molecular flexibility index (Phi) is 5.60. The van der Waals surface area contributed by atoms with Gasteiger partial charge < -0.3 is 5.11 Å². The van der Waals surface area contributed by atoms with Crippen molar-refractivity contribution in [3.8, 4) is 0 Å². The molecule has 0 spiro atoms. The van der Waals surface area contributed by atoms with Gasteiger partial charge in [-0.1, -0.05) is 53.9 Å². The zero-order valence-corrected chi connectivity index (χ0v) is 20.0. The summed E-state index contributed by atoms with van der Waals surface area (Å²) >= 11 is 0. The second kappa shape index (κ2) is 7.73. The topological polar surface area (TPSA) is 38.7 Å². The average molecular weight is 418 g/mol. The number of aliphatic hydroxyl groups is 1. The molecule has 4 saturated carbocycles. The Morgan fingerprint density at radius 1 is 0.967 bits per heavy atom. The Labute approximate surface area is 184 Å². The Balaban J connectivity index is 1.36. The molecule has 30 heavy (non-hydrogen) atoms. The molecule has 3 heteroatoms. The fourth-order valence-electron chi connectivity index (χ4n) is 9.20. The monoisotopic (exact) mass is 417 g/mol. The summed E-state index contributed by atoms with van der Waals surface area (Å²) in [7, 11) is 0. The van der Waals surface area contributed by atoms with E-state index in [0.29, 0.717) is 11.3 Å². The molecule has 4 aliphatic carbocycles. The van der Waals surface area contributed by atoms with Gasteiger partial charge in [-0.3, -0.25) is 0 Å². The maximum Gasteiger partial charge on any atom is 0.129 e. The van der Waals surface area contributed by atoms with Crippen LogP contribution in [0.5, 0.6) is 0 Å².